The Morgan fingerprint density at radius 1 is 1.65 bits per heavy atom. The molecule has 1 aliphatic rings. The molecular weight excluding hydrogens is 206 g/mol. The molecule has 0 saturated heterocycles. The topological polar surface area (TPSA) is 12.4 Å². The van der Waals surface area contributed by atoms with E-state index in [1.54, 1.807) is 0 Å². The molecule has 1 atom stereocenters. The van der Waals surface area contributed by atoms with E-state index in [1.807, 2.05) is 6.92 Å². The van der Waals surface area contributed by atoms with Crippen LogP contribution in [0.5, 0.6) is 0 Å². The van der Waals surface area contributed by atoms with Crippen LogP contribution in [0.2, 0.25) is 0 Å². The lowest BCUT2D eigenvalue weighted by Crippen LogP contribution is -2.09. The first-order valence-corrected chi connectivity index (χ1v) is 5.91. The van der Waals surface area contributed by atoms with Gasteiger partial charge < -0.3 is 0 Å². The summed E-state index contributed by atoms with van der Waals surface area (Å²) in [4.78, 5) is 4.55. The Labute approximate surface area is 105 Å². The van der Waals surface area contributed by atoms with Gasteiger partial charge in [0.2, 0.25) is 0 Å². The number of terminal acetylenes is 1. The maximum absolute atomic E-state index is 5.31. The Kier molecular flexibility index (Phi) is 5.31. The Balaban J connectivity index is 2.88. The molecule has 0 saturated carbocycles. The highest BCUT2D eigenvalue weighted by Crippen LogP contribution is 2.13. The summed E-state index contributed by atoms with van der Waals surface area (Å²) in [6.07, 6.45) is 11.1. The monoisotopic (exact) mass is 225 g/mol. The van der Waals surface area contributed by atoms with Crippen LogP contribution in [0.1, 0.15) is 33.6 Å². The van der Waals surface area contributed by atoms with E-state index in [0.717, 1.165) is 24.3 Å². The third-order valence-corrected chi connectivity index (χ3v) is 2.75. The third-order valence-electron chi connectivity index (χ3n) is 2.75. The lowest BCUT2D eigenvalue weighted by Gasteiger charge is -2.10. The van der Waals surface area contributed by atoms with Crippen LogP contribution in [0.25, 0.3) is 0 Å². The van der Waals surface area contributed by atoms with E-state index < -0.39 is 0 Å². The zero-order chi connectivity index (χ0) is 12.7. The molecule has 1 nitrogen and oxygen atoms in total. The fraction of sp³-hybridized carbons (Fsp3) is 0.438. The molecule has 0 aromatic rings. The SMILES string of the molecule is C#CC/C(C)=C\C1CC#C/C(C)=C\C/N=C\1C. The average molecular weight is 225 g/mol. The van der Waals surface area contributed by atoms with Crippen LogP contribution in [-0.4, -0.2) is 12.3 Å². The van der Waals surface area contributed by atoms with E-state index in [0.29, 0.717) is 12.3 Å². The summed E-state index contributed by atoms with van der Waals surface area (Å²) in [5.41, 5.74) is 3.46. The van der Waals surface area contributed by atoms with Crippen molar-refractivity contribution in [2.45, 2.75) is 33.6 Å². The molecule has 0 N–H and O–H groups in total. The molecule has 88 valence electrons. The number of nitrogens with zero attached hydrogens (tertiary/aromatic N) is 1. The highest BCUT2D eigenvalue weighted by atomic mass is 14.7. The minimum absolute atomic E-state index is 0.301. The minimum atomic E-state index is 0.301. The molecular formula is C16H19N. The minimum Gasteiger partial charge on any atom is -0.290 e. The normalized spacial score (nSPS) is 26.9. The van der Waals surface area contributed by atoms with Crippen molar-refractivity contribution >= 4 is 5.71 Å². The van der Waals surface area contributed by atoms with E-state index in [2.05, 4.69) is 48.8 Å². The number of hydrogen-bond donors (Lipinski definition) is 0. The van der Waals surface area contributed by atoms with Crippen LogP contribution < -0.4 is 0 Å². The zero-order valence-electron chi connectivity index (χ0n) is 10.9. The molecule has 1 rings (SSSR count). The summed E-state index contributed by atoms with van der Waals surface area (Å²) in [6.45, 7) is 6.89. The fourth-order valence-electron chi connectivity index (χ4n) is 1.69. The highest BCUT2D eigenvalue weighted by molar-refractivity contribution is 5.86. The number of hydrogen-bond acceptors (Lipinski definition) is 1. The molecule has 0 aromatic carbocycles. The number of aliphatic imine (C=N–C) groups is 1. The highest BCUT2D eigenvalue weighted by Gasteiger charge is 2.08. The smallest absolute Gasteiger partial charge is 0.0581 e. The molecule has 1 aliphatic heterocycles. The summed E-state index contributed by atoms with van der Waals surface area (Å²) in [7, 11) is 0. The molecule has 0 aromatic heterocycles. The van der Waals surface area contributed by atoms with Gasteiger partial charge in [-0.3, -0.25) is 4.99 Å². The largest absolute Gasteiger partial charge is 0.290 e. The van der Waals surface area contributed by atoms with Crippen molar-refractivity contribution in [3.8, 4) is 24.2 Å². The first-order chi connectivity index (χ1) is 8.13. The molecule has 17 heavy (non-hydrogen) atoms. The van der Waals surface area contributed by atoms with Crippen molar-refractivity contribution in [2.24, 2.45) is 10.9 Å². The van der Waals surface area contributed by atoms with Crippen LogP contribution >= 0.6 is 0 Å². The Morgan fingerprint density at radius 2 is 2.41 bits per heavy atom. The molecule has 0 radical (unpaired) electrons. The summed E-state index contributed by atoms with van der Waals surface area (Å²) < 4.78 is 0. The predicted octanol–water partition coefficient (Wildman–Crippen LogP) is 3.39. The molecule has 1 heteroatoms. The van der Waals surface area contributed by atoms with Gasteiger partial charge in [0.05, 0.1) is 6.54 Å². The second kappa shape index (κ2) is 6.77. The van der Waals surface area contributed by atoms with E-state index in [4.69, 9.17) is 6.42 Å². The number of allylic oxidation sites excluding steroid dienone is 3. The van der Waals surface area contributed by atoms with Crippen molar-refractivity contribution in [3.63, 3.8) is 0 Å². The first-order valence-electron chi connectivity index (χ1n) is 5.91. The van der Waals surface area contributed by atoms with Crippen LogP contribution in [-0.2, 0) is 0 Å². The van der Waals surface area contributed by atoms with E-state index in [1.165, 1.54) is 5.57 Å². The van der Waals surface area contributed by atoms with Crippen LogP contribution in [0.15, 0.2) is 28.3 Å². The van der Waals surface area contributed by atoms with Crippen LogP contribution in [0, 0.1) is 30.1 Å². The van der Waals surface area contributed by atoms with Crippen molar-refractivity contribution in [2.75, 3.05) is 6.54 Å². The Hall–Kier alpha value is -1.73. The van der Waals surface area contributed by atoms with Gasteiger partial charge in [-0.15, -0.1) is 12.3 Å². The summed E-state index contributed by atoms with van der Waals surface area (Å²) >= 11 is 0. The van der Waals surface area contributed by atoms with Gasteiger partial charge in [-0.2, -0.15) is 0 Å². The Bertz CT molecular complexity index is 458. The van der Waals surface area contributed by atoms with Crippen LogP contribution in [0.3, 0.4) is 0 Å². The van der Waals surface area contributed by atoms with Gasteiger partial charge in [0.25, 0.3) is 0 Å². The second-order valence-electron chi connectivity index (χ2n) is 4.38. The Morgan fingerprint density at radius 3 is 3.12 bits per heavy atom. The average Bonchev–Trinajstić information content (AvgIpc) is 2.33. The van der Waals surface area contributed by atoms with Gasteiger partial charge in [0.15, 0.2) is 0 Å². The molecule has 1 unspecified atom stereocenters. The van der Waals surface area contributed by atoms with Gasteiger partial charge in [-0.1, -0.05) is 29.6 Å². The maximum Gasteiger partial charge on any atom is 0.0581 e. The van der Waals surface area contributed by atoms with Crippen LogP contribution in [0.4, 0.5) is 0 Å². The van der Waals surface area contributed by atoms with Crippen molar-refractivity contribution in [3.05, 3.63) is 23.3 Å². The predicted molar refractivity (Wildman–Crippen MR) is 74.8 cm³/mol. The van der Waals surface area contributed by atoms with Gasteiger partial charge in [0, 0.05) is 24.5 Å². The lowest BCUT2D eigenvalue weighted by molar-refractivity contribution is 0.873. The molecule has 0 spiro atoms. The molecule has 0 aliphatic carbocycles. The van der Waals surface area contributed by atoms with E-state index in [-0.39, 0.29) is 0 Å². The second-order valence-corrected chi connectivity index (χ2v) is 4.38. The maximum atomic E-state index is 5.31. The van der Waals surface area contributed by atoms with Gasteiger partial charge in [-0.05, 0) is 26.3 Å². The summed E-state index contributed by atoms with van der Waals surface area (Å²) in [6, 6.07) is 0. The van der Waals surface area contributed by atoms with Gasteiger partial charge >= 0.3 is 0 Å². The molecule has 1 heterocycles. The zero-order valence-corrected chi connectivity index (χ0v) is 10.9. The van der Waals surface area contributed by atoms with Gasteiger partial charge in [0.1, 0.15) is 0 Å². The van der Waals surface area contributed by atoms with Gasteiger partial charge in [-0.25, -0.2) is 0 Å². The summed E-state index contributed by atoms with van der Waals surface area (Å²) in [5, 5.41) is 0. The summed E-state index contributed by atoms with van der Waals surface area (Å²) in [5.74, 6) is 9.32. The first kappa shape index (κ1) is 13.3. The van der Waals surface area contributed by atoms with Crippen molar-refractivity contribution in [1.82, 2.24) is 0 Å². The third kappa shape index (κ3) is 4.75. The van der Waals surface area contributed by atoms with E-state index >= 15 is 0 Å². The molecule has 0 amide bonds. The van der Waals surface area contributed by atoms with E-state index in [9.17, 15) is 0 Å². The number of rotatable bonds is 2. The van der Waals surface area contributed by atoms with Crippen molar-refractivity contribution < 1.29 is 0 Å². The molecule has 0 bridgehead atoms. The lowest BCUT2D eigenvalue weighted by atomic mass is 9.97. The molecule has 0 fully saturated rings. The quantitative estimate of drug-likeness (QED) is 0.504. The van der Waals surface area contributed by atoms with Crippen molar-refractivity contribution in [1.29, 1.82) is 0 Å². The fourth-order valence-corrected chi connectivity index (χ4v) is 1.69. The standard InChI is InChI=1S/C16H19N/c1-5-7-14(3)12-16-9-6-8-13(2)10-11-17-15(16)4/h1,10,12,16H,7,9,11H2,2-4H3/b13-10-,14-12-,17-15-.